The number of phenolic OH excluding ortho intramolecular Hbond substituents is 1. The van der Waals surface area contributed by atoms with Crippen molar-refractivity contribution < 1.29 is 18.3 Å². The van der Waals surface area contributed by atoms with Crippen LogP contribution in [0.25, 0.3) is 11.1 Å². The number of nitrogens with one attached hydrogen (secondary N) is 1. The molecule has 0 bridgehead atoms. The fourth-order valence-corrected chi connectivity index (χ4v) is 5.10. The van der Waals surface area contributed by atoms with Gasteiger partial charge in [-0.1, -0.05) is 29.8 Å². The Hall–Kier alpha value is -2.83. The van der Waals surface area contributed by atoms with Crippen LogP contribution < -0.4 is 5.32 Å². The summed E-state index contributed by atoms with van der Waals surface area (Å²) in [5, 5.41) is 13.6. The van der Waals surface area contributed by atoms with Crippen LogP contribution in [0.1, 0.15) is 15.9 Å². The maximum absolute atomic E-state index is 12.8. The Morgan fingerprint density at radius 2 is 1.74 bits per heavy atom. The molecule has 136 valence electrons. The summed E-state index contributed by atoms with van der Waals surface area (Å²) in [6.07, 6.45) is 0. The summed E-state index contributed by atoms with van der Waals surface area (Å²) in [5.74, 6) is -0.892. The minimum atomic E-state index is -3.73. The minimum absolute atomic E-state index is 0.0134. The predicted octanol–water partition coefficient (Wildman–Crippen LogP) is 4.42. The van der Waals surface area contributed by atoms with Gasteiger partial charge in [-0.15, -0.1) is 0 Å². The van der Waals surface area contributed by atoms with Crippen LogP contribution in [-0.2, 0) is 9.84 Å². The molecule has 3 aromatic carbocycles. The van der Waals surface area contributed by atoms with Gasteiger partial charge in [0.1, 0.15) is 5.75 Å². The van der Waals surface area contributed by atoms with Crippen molar-refractivity contribution in [3.63, 3.8) is 0 Å². The molecular weight excluding hydrogens is 386 g/mol. The first-order valence-electron chi connectivity index (χ1n) is 8.08. The van der Waals surface area contributed by atoms with Crippen LogP contribution in [0, 0.1) is 6.92 Å². The molecule has 0 atom stereocenters. The lowest BCUT2D eigenvalue weighted by atomic mass is 10.0. The van der Waals surface area contributed by atoms with Crippen molar-refractivity contribution in [3.8, 4) is 16.9 Å². The van der Waals surface area contributed by atoms with Crippen LogP contribution in [0.5, 0.6) is 5.75 Å². The average Bonchev–Trinajstić information content (AvgIpc) is 2.84. The van der Waals surface area contributed by atoms with E-state index in [4.69, 9.17) is 11.6 Å². The fourth-order valence-electron chi connectivity index (χ4n) is 3.18. The molecule has 3 aromatic rings. The maximum atomic E-state index is 12.8. The van der Waals surface area contributed by atoms with E-state index < -0.39 is 15.7 Å². The molecule has 0 fully saturated rings. The number of hydrogen-bond acceptors (Lipinski definition) is 4. The van der Waals surface area contributed by atoms with Crippen molar-refractivity contribution in [2.45, 2.75) is 16.7 Å². The average molecular weight is 400 g/mol. The number of aryl methyl sites for hydroxylation is 1. The van der Waals surface area contributed by atoms with Crippen LogP contribution in [0.15, 0.2) is 64.4 Å². The Kier molecular flexibility index (Phi) is 3.98. The van der Waals surface area contributed by atoms with E-state index in [1.807, 2.05) is 0 Å². The molecule has 1 aliphatic rings. The summed E-state index contributed by atoms with van der Waals surface area (Å²) >= 11 is 5.92. The standard InChI is InChI=1S/C20H14ClNO4S/c1-11-8-12(21)6-7-16(11)22-20(24)15-10-19-14(9-17(15)23)13-4-2-3-5-18(13)27(19,25)26/h2-10,23H,1H3,(H,22,24). The first-order valence-corrected chi connectivity index (χ1v) is 9.94. The highest BCUT2D eigenvalue weighted by Gasteiger charge is 2.34. The van der Waals surface area contributed by atoms with Gasteiger partial charge >= 0.3 is 0 Å². The lowest BCUT2D eigenvalue weighted by molar-refractivity contribution is 0.102. The summed E-state index contributed by atoms with van der Waals surface area (Å²) in [6.45, 7) is 1.78. The van der Waals surface area contributed by atoms with Gasteiger partial charge in [0.25, 0.3) is 5.91 Å². The zero-order chi connectivity index (χ0) is 19.3. The van der Waals surface area contributed by atoms with E-state index in [1.165, 1.54) is 18.2 Å². The normalized spacial score (nSPS) is 13.7. The largest absolute Gasteiger partial charge is 0.507 e. The van der Waals surface area contributed by atoms with E-state index in [9.17, 15) is 18.3 Å². The number of benzene rings is 3. The number of carbonyl (C=O) groups excluding carboxylic acids is 1. The molecule has 0 aliphatic carbocycles. The number of fused-ring (bicyclic) bond motifs is 3. The van der Waals surface area contributed by atoms with Crippen molar-refractivity contribution in [1.82, 2.24) is 0 Å². The molecule has 1 amide bonds. The number of sulfone groups is 1. The van der Waals surface area contributed by atoms with Gasteiger partial charge in [-0.25, -0.2) is 8.42 Å². The highest BCUT2D eigenvalue weighted by Crippen LogP contribution is 2.45. The molecule has 0 radical (unpaired) electrons. The zero-order valence-corrected chi connectivity index (χ0v) is 15.7. The van der Waals surface area contributed by atoms with Gasteiger partial charge in [-0.05, 0) is 48.9 Å². The molecule has 7 heteroatoms. The van der Waals surface area contributed by atoms with Gasteiger partial charge in [0.2, 0.25) is 9.84 Å². The second kappa shape index (κ2) is 6.11. The summed E-state index contributed by atoms with van der Waals surface area (Å²) in [7, 11) is -3.73. The van der Waals surface area contributed by atoms with Crippen molar-refractivity contribution >= 4 is 33.0 Å². The SMILES string of the molecule is Cc1cc(Cl)ccc1NC(=O)c1cc2c(cc1O)-c1ccccc1S2(=O)=O. The number of carbonyl (C=O) groups is 1. The molecule has 0 saturated heterocycles. The third kappa shape index (κ3) is 2.78. The Labute approximate surface area is 161 Å². The van der Waals surface area contributed by atoms with Crippen molar-refractivity contribution in [3.05, 3.63) is 70.7 Å². The number of amides is 1. The molecule has 0 spiro atoms. The molecule has 1 aliphatic heterocycles. The van der Waals surface area contributed by atoms with Gasteiger partial charge in [-0.2, -0.15) is 0 Å². The molecule has 0 unspecified atom stereocenters. The maximum Gasteiger partial charge on any atom is 0.259 e. The van der Waals surface area contributed by atoms with Crippen LogP contribution in [0.2, 0.25) is 5.02 Å². The topological polar surface area (TPSA) is 83.5 Å². The molecule has 4 rings (SSSR count). The molecule has 27 heavy (non-hydrogen) atoms. The van der Waals surface area contributed by atoms with Gasteiger partial charge in [0.05, 0.1) is 15.4 Å². The zero-order valence-electron chi connectivity index (χ0n) is 14.2. The Morgan fingerprint density at radius 1 is 1.00 bits per heavy atom. The Balaban J connectivity index is 1.78. The Bertz CT molecular complexity index is 1220. The minimum Gasteiger partial charge on any atom is -0.507 e. The quantitative estimate of drug-likeness (QED) is 0.522. The van der Waals surface area contributed by atoms with Crippen LogP contribution in [0.3, 0.4) is 0 Å². The third-order valence-electron chi connectivity index (χ3n) is 4.54. The number of aromatic hydroxyl groups is 1. The predicted molar refractivity (Wildman–Crippen MR) is 103 cm³/mol. The van der Waals surface area contributed by atoms with E-state index in [1.54, 1.807) is 43.3 Å². The number of phenols is 1. The molecule has 0 aromatic heterocycles. The summed E-state index contributed by atoms with van der Waals surface area (Å²) in [4.78, 5) is 12.8. The lowest BCUT2D eigenvalue weighted by Gasteiger charge is -2.11. The highest BCUT2D eigenvalue weighted by molar-refractivity contribution is 7.92. The van der Waals surface area contributed by atoms with E-state index in [0.717, 1.165) is 5.56 Å². The fraction of sp³-hybridized carbons (Fsp3) is 0.0500. The number of halogens is 1. The second-order valence-corrected chi connectivity index (χ2v) is 8.60. The number of rotatable bonds is 2. The lowest BCUT2D eigenvalue weighted by Crippen LogP contribution is -2.13. The summed E-state index contributed by atoms with van der Waals surface area (Å²) in [6, 6.07) is 14.1. The third-order valence-corrected chi connectivity index (χ3v) is 6.62. The second-order valence-electron chi connectivity index (χ2n) is 6.28. The van der Waals surface area contributed by atoms with E-state index in [2.05, 4.69) is 5.32 Å². The Morgan fingerprint density at radius 3 is 2.48 bits per heavy atom. The monoisotopic (exact) mass is 399 g/mol. The number of anilines is 1. The van der Waals surface area contributed by atoms with Crippen LogP contribution >= 0.6 is 11.6 Å². The van der Waals surface area contributed by atoms with Crippen LogP contribution in [-0.4, -0.2) is 19.4 Å². The van der Waals surface area contributed by atoms with E-state index >= 15 is 0 Å². The van der Waals surface area contributed by atoms with E-state index in [-0.39, 0.29) is 21.1 Å². The van der Waals surface area contributed by atoms with Crippen LogP contribution in [0.4, 0.5) is 5.69 Å². The molecule has 0 saturated carbocycles. The molecule has 2 N–H and O–H groups in total. The van der Waals surface area contributed by atoms with Crippen molar-refractivity contribution in [1.29, 1.82) is 0 Å². The summed E-state index contributed by atoms with van der Waals surface area (Å²) in [5.41, 5.74) is 2.07. The molecule has 5 nitrogen and oxygen atoms in total. The first kappa shape index (κ1) is 17.6. The highest BCUT2D eigenvalue weighted by atomic mass is 35.5. The smallest absolute Gasteiger partial charge is 0.259 e. The van der Waals surface area contributed by atoms with Gasteiger partial charge in [0, 0.05) is 21.8 Å². The van der Waals surface area contributed by atoms with E-state index in [0.29, 0.717) is 21.8 Å². The van der Waals surface area contributed by atoms with Gasteiger partial charge in [-0.3, -0.25) is 4.79 Å². The molecular formula is C20H14ClNO4S. The number of hydrogen-bond donors (Lipinski definition) is 2. The van der Waals surface area contributed by atoms with Gasteiger partial charge < -0.3 is 10.4 Å². The first-order chi connectivity index (χ1) is 12.8. The van der Waals surface area contributed by atoms with Crippen molar-refractivity contribution in [2.75, 3.05) is 5.32 Å². The molecule has 1 heterocycles. The van der Waals surface area contributed by atoms with Gasteiger partial charge in [0.15, 0.2) is 0 Å². The summed E-state index contributed by atoms with van der Waals surface area (Å²) < 4.78 is 25.6. The van der Waals surface area contributed by atoms with Crippen molar-refractivity contribution in [2.24, 2.45) is 0 Å².